The number of fused-ring (bicyclic) bond motifs is 3. The molecule has 4 heterocycles. The zero-order valence-corrected chi connectivity index (χ0v) is 13.5. The lowest BCUT2D eigenvalue weighted by atomic mass is 10.0. The number of H-pyrrole nitrogens is 1. The fraction of sp³-hybridized carbons (Fsp3) is 0.353. The third-order valence-electron chi connectivity index (χ3n) is 4.68. The van der Waals surface area contributed by atoms with E-state index in [0.717, 1.165) is 23.7 Å². The SMILES string of the molecule is N#CCC(=O)N1CCC[C@@H](n2c(=O)cnc3cnc4[nH]ccc4c32)C1. The van der Waals surface area contributed by atoms with Crippen molar-refractivity contribution in [2.24, 2.45) is 0 Å². The number of pyridine rings is 1. The van der Waals surface area contributed by atoms with Crippen molar-refractivity contribution in [3.63, 3.8) is 0 Å². The van der Waals surface area contributed by atoms with E-state index in [4.69, 9.17) is 5.26 Å². The molecule has 1 saturated heterocycles. The standard InChI is InChI=1S/C17H16N6O2/c18-5-3-14(24)22-7-1-2-11(10-22)23-15(25)9-20-13-8-21-17-12(16(13)23)4-6-19-17/h4,6,8-9,11H,1-3,7,10H2,(H,19,21)/t11-/m1/s1. The van der Waals surface area contributed by atoms with Gasteiger partial charge in [0.05, 0.1) is 30.0 Å². The average molecular weight is 336 g/mol. The summed E-state index contributed by atoms with van der Waals surface area (Å²) in [6.07, 6.45) is 6.18. The molecule has 1 amide bonds. The monoisotopic (exact) mass is 336 g/mol. The predicted molar refractivity (Wildman–Crippen MR) is 90.7 cm³/mol. The van der Waals surface area contributed by atoms with Crippen LogP contribution in [0.3, 0.4) is 0 Å². The predicted octanol–water partition coefficient (Wildman–Crippen LogP) is 1.35. The first kappa shape index (κ1) is 15.3. The highest BCUT2D eigenvalue weighted by atomic mass is 16.2. The summed E-state index contributed by atoms with van der Waals surface area (Å²) in [6.45, 7) is 1.05. The van der Waals surface area contributed by atoms with Crippen LogP contribution < -0.4 is 5.56 Å². The summed E-state index contributed by atoms with van der Waals surface area (Å²) >= 11 is 0. The van der Waals surface area contributed by atoms with E-state index in [1.54, 1.807) is 21.9 Å². The van der Waals surface area contributed by atoms with Crippen molar-refractivity contribution in [3.8, 4) is 6.07 Å². The van der Waals surface area contributed by atoms with E-state index in [1.165, 1.54) is 6.20 Å². The van der Waals surface area contributed by atoms with Gasteiger partial charge in [0.1, 0.15) is 17.6 Å². The van der Waals surface area contributed by atoms with Gasteiger partial charge >= 0.3 is 0 Å². The number of amides is 1. The van der Waals surface area contributed by atoms with Crippen molar-refractivity contribution in [2.75, 3.05) is 13.1 Å². The molecule has 8 heteroatoms. The van der Waals surface area contributed by atoms with Gasteiger partial charge in [-0.1, -0.05) is 0 Å². The van der Waals surface area contributed by atoms with Crippen LogP contribution in [-0.4, -0.2) is 43.4 Å². The van der Waals surface area contributed by atoms with E-state index < -0.39 is 0 Å². The van der Waals surface area contributed by atoms with Crippen LogP contribution in [0.5, 0.6) is 0 Å². The zero-order chi connectivity index (χ0) is 17.4. The van der Waals surface area contributed by atoms with Crippen LogP contribution in [0.25, 0.3) is 22.1 Å². The fourth-order valence-corrected chi connectivity index (χ4v) is 3.56. The number of carbonyl (C=O) groups is 1. The smallest absolute Gasteiger partial charge is 0.269 e. The van der Waals surface area contributed by atoms with Crippen LogP contribution in [0.1, 0.15) is 25.3 Å². The second-order valence-electron chi connectivity index (χ2n) is 6.17. The van der Waals surface area contributed by atoms with Gasteiger partial charge in [0.15, 0.2) is 0 Å². The molecule has 0 radical (unpaired) electrons. The maximum Gasteiger partial charge on any atom is 0.269 e. The van der Waals surface area contributed by atoms with Crippen molar-refractivity contribution in [3.05, 3.63) is 35.0 Å². The largest absolute Gasteiger partial charge is 0.346 e. The number of aromatic nitrogens is 4. The molecule has 0 aliphatic carbocycles. The van der Waals surface area contributed by atoms with E-state index in [-0.39, 0.29) is 23.9 Å². The van der Waals surface area contributed by atoms with E-state index in [2.05, 4.69) is 15.0 Å². The maximum absolute atomic E-state index is 12.6. The fourth-order valence-electron chi connectivity index (χ4n) is 3.56. The average Bonchev–Trinajstić information content (AvgIpc) is 3.11. The molecule has 1 aliphatic rings. The van der Waals surface area contributed by atoms with Crippen LogP contribution >= 0.6 is 0 Å². The first-order valence-electron chi connectivity index (χ1n) is 8.17. The Kier molecular flexibility index (Phi) is 3.69. The quantitative estimate of drug-likeness (QED) is 0.760. The van der Waals surface area contributed by atoms with Gasteiger partial charge < -0.3 is 9.88 Å². The molecule has 1 atom stereocenters. The first-order chi connectivity index (χ1) is 12.2. The van der Waals surface area contributed by atoms with Crippen LogP contribution in [0.2, 0.25) is 0 Å². The minimum absolute atomic E-state index is 0.134. The van der Waals surface area contributed by atoms with Gasteiger partial charge in [-0.3, -0.25) is 14.2 Å². The highest BCUT2D eigenvalue weighted by Crippen LogP contribution is 2.27. The molecule has 1 aliphatic heterocycles. The Morgan fingerprint density at radius 2 is 2.28 bits per heavy atom. The number of nitriles is 1. The summed E-state index contributed by atoms with van der Waals surface area (Å²) in [5.41, 5.74) is 1.88. The molecule has 3 aromatic rings. The number of likely N-dealkylation sites (tertiary alicyclic amines) is 1. The highest BCUT2D eigenvalue weighted by Gasteiger charge is 2.27. The lowest BCUT2D eigenvalue weighted by molar-refractivity contribution is -0.131. The number of nitrogens with one attached hydrogen (secondary N) is 1. The Balaban J connectivity index is 1.84. The summed E-state index contributed by atoms with van der Waals surface area (Å²) in [5, 5.41) is 9.60. The molecule has 1 fully saturated rings. The second kappa shape index (κ2) is 6.02. The molecule has 1 N–H and O–H groups in total. The number of piperidine rings is 1. The van der Waals surface area contributed by atoms with E-state index in [9.17, 15) is 9.59 Å². The summed E-state index contributed by atoms with van der Waals surface area (Å²) in [4.78, 5) is 38.0. The molecule has 8 nitrogen and oxygen atoms in total. The summed E-state index contributed by atoms with van der Waals surface area (Å²) in [5.74, 6) is -0.188. The number of hydrogen-bond acceptors (Lipinski definition) is 5. The maximum atomic E-state index is 12.6. The third kappa shape index (κ3) is 2.54. The van der Waals surface area contributed by atoms with Gasteiger partial charge in [-0.15, -0.1) is 0 Å². The normalized spacial score (nSPS) is 17.7. The molecule has 0 saturated carbocycles. The third-order valence-corrected chi connectivity index (χ3v) is 4.68. The number of nitrogens with zero attached hydrogens (tertiary/aromatic N) is 5. The Morgan fingerprint density at radius 1 is 1.40 bits per heavy atom. The molecule has 4 rings (SSSR count). The molecule has 25 heavy (non-hydrogen) atoms. The van der Waals surface area contributed by atoms with E-state index in [0.29, 0.717) is 24.3 Å². The van der Waals surface area contributed by atoms with Gasteiger partial charge in [-0.25, -0.2) is 9.97 Å². The van der Waals surface area contributed by atoms with Gasteiger partial charge in [0.2, 0.25) is 5.91 Å². The molecule has 0 unspecified atom stereocenters. The lowest BCUT2D eigenvalue weighted by Crippen LogP contribution is -2.42. The van der Waals surface area contributed by atoms with Gasteiger partial charge in [0.25, 0.3) is 5.56 Å². The molecular weight excluding hydrogens is 320 g/mol. The number of aromatic amines is 1. The van der Waals surface area contributed by atoms with Crippen molar-refractivity contribution in [1.29, 1.82) is 5.26 Å². The minimum Gasteiger partial charge on any atom is -0.346 e. The Hall–Kier alpha value is -3.21. The minimum atomic E-state index is -0.194. The van der Waals surface area contributed by atoms with Crippen molar-refractivity contribution in [2.45, 2.75) is 25.3 Å². The Morgan fingerprint density at radius 3 is 3.12 bits per heavy atom. The summed E-state index contributed by atoms with van der Waals surface area (Å²) in [7, 11) is 0. The lowest BCUT2D eigenvalue weighted by Gasteiger charge is -2.34. The van der Waals surface area contributed by atoms with Crippen LogP contribution in [-0.2, 0) is 4.79 Å². The van der Waals surface area contributed by atoms with Crippen LogP contribution in [0, 0.1) is 11.3 Å². The van der Waals surface area contributed by atoms with Gasteiger partial charge in [-0.2, -0.15) is 5.26 Å². The number of hydrogen-bond donors (Lipinski definition) is 1. The van der Waals surface area contributed by atoms with Crippen molar-refractivity contribution >= 4 is 28.0 Å². The van der Waals surface area contributed by atoms with Gasteiger partial charge in [0, 0.05) is 24.7 Å². The van der Waals surface area contributed by atoms with Crippen LogP contribution in [0.15, 0.2) is 29.5 Å². The zero-order valence-electron chi connectivity index (χ0n) is 13.5. The van der Waals surface area contributed by atoms with Crippen molar-refractivity contribution < 1.29 is 4.79 Å². The molecule has 3 aromatic heterocycles. The highest BCUT2D eigenvalue weighted by molar-refractivity contribution is 6.00. The number of rotatable bonds is 2. The van der Waals surface area contributed by atoms with E-state index >= 15 is 0 Å². The molecule has 0 aromatic carbocycles. The van der Waals surface area contributed by atoms with Crippen LogP contribution in [0.4, 0.5) is 0 Å². The van der Waals surface area contributed by atoms with Gasteiger partial charge in [-0.05, 0) is 18.9 Å². The van der Waals surface area contributed by atoms with E-state index in [1.807, 2.05) is 12.1 Å². The summed E-state index contributed by atoms with van der Waals surface area (Å²) < 4.78 is 1.73. The number of carbonyl (C=O) groups excluding carboxylic acids is 1. The van der Waals surface area contributed by atoms with Crippen molar-refractivity contribution in [1.82, 2.24) is 24.4 Å². The Bertz CT molecular complexity index is 1060. The first-order valence-corrected chi connectivity index (χ1v) is 8.17. The summed E-state index contributed by atoms with van der Waals surface area (Å²) in [6, 6.07) is 3.63. The topological polar surface area (TPSA) is 108 Å². The Labute approximate surface area is 142 Å². The molecule has 126 valence electrons. The molecule has 0 bridgehead atoms. The molecule has 0 spiro atoms. The molecular formula is C17H16N6O2. The second-order valence-corrected chi connectivity index (χ2v) is 6.17.